The predicted octanol–water partition coefficient (Wildman–Crippen LogP) is 1.94. The van der Waals surface area contributed by atoms with Gasteiger partial charge in [-0.15, -0.1) is 0 Å². The Morgan fingerprint density at radius 1 is 1.22 bits per heavy atom. The van der Waals surface area contributed by atoms with E-state index in [4.69, 9.17) is 0 Å². The van der Waals surface area contributed by atoms with Crippen molar-refractivity contribution in [1.82, 2.24) is 4.90 Å². The predicted molar refractivity (Wildman–Crippen MR) is 85.5 cm³/mol. The van der Waals surface area contributed by atoms with Crippen LogP contribution in [0.1, 0.15) is 45.4 Å². The lowest BCUT2D eigenvalue weighted by Gasteiger charge is -2.68. The van der Waals surface area contributed by atoms with Crippen molar-refractivity contribution in [3.8, 4) is 0 Å². The van der Waals surface area contributed by atoms with Gasteiger partial charge >= 0.3 is 0 Å². The van der Waals surface area contributed by atoms with Gasteiger partial charge in [-0.05, 0) is 60.8 Å². The van der Waals surface area contributed by atoms with E-state index in [9.17, 15) is 10.2 Å². The molecule has 11 atom stereocenters. The Bertz CT molecular complexity index is 691. The molecule has 124 valence electrons. The number of hydrogen-bond acceptors (Lipinski definition) is 3. The van der Waals surface area contributed by atoms with Crippen LogP contribution in [0.25, 0.3) is 0 Å². The summed E-state index contributed by atoms with van der Waals surface area (Å²) in [5, 5.41) is 23.5. The Morgan fingerprint density at radius 3 is 2.87 bits per heavy atom. The lowest BCUT2D eigenvalue weighted by molar-refractivity contribution is -0.270. The Labute approximate surface area is 137 Å². The van der Waals surface area contributed by atoms with Crippen molar-refractivity contribution in [2.24, 2.45) is 34.0 Å². The van der Waals surface area contributed by atoms with Gasteiger partial charge < -0.3 is 10.2 Å². The third-order valence-electron chi connectivity index (χ3n) is 10.5. The first-order valence-electron chi connectivity index (χ1n) is 9.76. The zero-order chi connectivity index (χ0) is 15.6. The van der Waals surface area contributed by atoms with Crippen LogP contribution in [0, 0.1) is 34.0 Å². The third-order valence-corrected chi connectivity index (χ3v) is 10.5. The standard InChI is InChI=1S/C20H27NO2/c1-10-11-6-12-15-18-5-3-4-17(2)9-21(15)13(14(17)18)8-19(12,16(10)22)20(18,23)7-11/h11-16,22-23H,1,3-9H2,2H3/t11-,12?,13-,14+,15?,16+,17-,18+,19-,20+/m0/s1. The van der Waals surface area contributed by atoms with E-state index in [-0.39, 0.29) is 10.8 Å². The Balaban J connectivity index is 1.57. The first-order valence-corrected chi connectivity index (χ1v) is 9.76. The maximum Gasteiger partial charge on any atom is 0.0838 e. The second-order valence-electron chi connectivity index (χ2n) is 10.5. The lowest BCUT2D eigenvalue weighted by Crippen LogP contribution is -2.73. The molecule has 2 spiro atoms. The molecule has 23 heavy (non-hydrogen) atoms. The van der Waals surface area contributed by atoms with E-state index in [1.165, 1.54) is 32.2 Å². The summed E-state index contributed by atoms with van der Waals surface area (Å²) in [7, 11) is 0. The van der Waals surface area contributed by atoms with Gasteiger partial charge in [0.15, 0.2) is 0 Å². The fraction of sp³-hybridized carbons (Fsp3) is 0.900. The number of piperidine rings is 2. The van der Waals surface area contributed by atoms with Crippen LogP contribution in [-0.2, 0) is 0 Å². The smallest absolute Gasteiger partial charge is 0.0838 e. The van der Waals surface area contributed by atoms with E-state index >= 15 is 0 Å². The van der Waals surface area contributed by atoms with Crippen molar-refractivity contribution in [3.05, 3.63) is 12.2 Å². The van der Waals surface area contributed by atoms with Crippen molar-refractivity contribution < 1.29 is 10.2 Å². The van der Waals surface area contributed by atoms with Crippen LogP contribution >= 0.6 is 0 Å². The van der Waals surface area contributed by atoms with Gasteiger partial charge in [-0.2, -0.15) is 0 Å². The molecule has 9 bridgehead atoms. The highest BCUT2D eigenvalue weighted by molar-refractivity contribution is 5.47. The number of fused-ring (bicyclic) bond motifs is 1. The topological polar surface area (TPSA) is 43.7 Å². The number of aliphatic hydroxyl groups excluding tert-OH is 1. The monoisotopic (exact) mass is 313 g/mol. The van der Waals surface area contributed by atoms with E-state index in [1.807, 2.05) is 0 Å². The summed E-state index contributed by atoms with van der Waals surface area (Å²) in [5.74, 6) is 1.54. The molecule has 0 amide bonds. The SMILES string of the molecule is C=C1[C@H]2CC3C4N5C[C@]6(C)CCC[C@@]47[C@@H]6[C@@H]5C[C@]3([C@@H]1O)[C@@]7(O)C2. The van der Waals surface area contributed by atoms with Gasteiger partial charge in [0.05, 0.1) is 11.7 Å². The van der Waals surface area contributed by atoms with Gasteiger partial charge in [-0.3, -0.25) is 4.90 Å². The normalized spacial score (nSPS) is 75.6. The first kappa shape index (κ1) is 12.9. The Kier molecular flexibility index (Phi) is 1.73. The fourth-order valence-corrected chi connectivity index (χ4v) is 10.4. The summed E-state index contributed by atoms with van der Waals surface area (Å²) in [6.45, 7) is 8.01. The molecule has 3 saturated heterocycles. The van der Waals surface area contributed by atoms with Crippen LogP contribution in [0.4, 0.5) is 0 Å². The average molecular weight is 313 g/mol. The van der Waals surface area contributed by atoms with Gasteiger partial charge in [-0.1, -0.05) is 19.9 Å². The number of aliphatic hydroxyl groups is 2. The molecule has 0 aromatic carbocycles. The van der Waals surface area contributed by atoms with Crippen LogP contribution in [0.15, 0.2) is 12.2 Å². The molecule has 3 heterocycles. The fourth-order valence-electron chi connectivity index (χ4n) is 10.4. The molecule has 3 nitrogen and oxygen atoms in total. The van der Waals surface area contributed by atoms with Crippen LogP contribution < -0.4 is 0 Å². The molecule has 3 aliphatic heterocycles. The van der Waals surface area contributed by atoms with E-state index in [0.29, 0.717) is 35.3 Å². The largest absolute Gasteiger partial charge is 0.389 e. The van der Waals surface area contributed by atoms with Crippen LogP contribution in [0.3, 0.4) is 0 Å². The molecule has 3 heteroatoms. The zero-order valence-corrected chi connectivity index (χ0v) is 14.0. The minimum absolute atomic E-state index is 0.0856. The molecule has 6 aliphatic carbocycles. The minimum Gasteiger partial charge on any atom is -0.389 e. The summed E-state index contributed by atoms with van der Waals surface area (Å²) in [5.41, 5.74) is 0.656. The second kappa shape index (κ2) is 3.08. The van der Waals surface area contributed by atoms with Crippen molar-refractivity contribution in [2.45, 2.75) is 69.2 Å². The van der Waals surface area contributed by atoms with Gasteiger partial charge in [-0.25, -0.2) is 0 Å². The third kappa shape index (κ3) is 0.856. The van der Waals surface area contributed by atoms with Crippen LogP contribution in [-0.4, -0.2) is 45.4 Å². The van der Waals surface area contributed by atoms with E-state index in [1.54, 1.807) is 0 Å². The summed E-state index contributed by atoms with van der Waals surface area (Å²) in [6, 6.07) is 1.18. The first-order chi connectivity index (χ1) is 10.9. The highest BCUT2D eigenvalue weighted by atomic mass is 16.3. The van der Waals surface area contributed by atoms with Crippen molar-refractivity contribution in [3.63, 3.8) is 0 Å². The lowest BCUT2D eigenvalue weighted by atomic mass is 9.38. The molecule has 9 aliphatic rings. The maximum absolute atomic E-state index is 12.3. The summed E-state index contributed by atoms with van der Waals surface area (Å²) < 4.78 is 0. The van der Waals surface area contributed by atoms with Gasteiger partial charge in [0.25, 0.3) is 0 Å². The highest BCUT2D eigenvalue weighted by Gasteiger charge is 2.93. The van der Waals surface area contributed by atoms with Gasteiger partial charge in [0, 0.05) is 29.5 Å². The quantitative estimate of drug-likeness (QED) is 0.672. The molecular weight excluding hydrogens is 286 g/mol. The van der Waals surface area contributed by atoms with Crippen LogP contribution in [0.5, 0.6) is 0 Å². The molecule has 0 aromatic heterocycles. The molecule has 0 aromatic rings. The van der Waals surface area contributed by atoms with Crippen LogP contribution in [0.2, 0.25) is 0 Å². The summed E-state index contributed by atoms with van der Waals surface area (Å²) in [4.78, 5) is 2.83. The Hall–Kier alpha value is -0.380. The molecule has 2 N–H and O–H groups in total. The maximum atomic E-state index is 12.3. The minimum atomic E-state index is -0.628. The van der Waals surface area contributed by atoms with E-state index < -0.39 is 11.7 Å². The summed E-state index contributed by atoms with van der Waals surface area (Å²) >= 11 is 0. The Morgan fingerprint density at radius 2 is 2.04 bits per heavy atom. The summed E-state index contributed by atoms with van der Waals surface area (Å²) in [6.07, 6.45) is 6.46. The number of nitrogens with zero attached hydrogens (tertiary/aromatic N) is 1. The average Bonchev–Trinajstić information content (AvgIpc) is 2.90. The highest BCUT2D eigenvalue weighted by Crippen LogP contribution is 2.88. The molecule has 9 fully saturated rings. The van der Waals surface area contributed by atoms with Crippen molar-refractivity contribution in [2.75, 3.05) is 6.54 Å². The molecular formula is C20H27NO2. The molecule has 0 radical (unpaired) electrons. The van der Waals surface area contributed by atoms with Crippen molar-refractivity contribution >= 4 is 0 Å². The van der Waals surface area contributed by atoms with Gasteiger partial charge in [0.2, 0.25) is 0 Å². The zero-order valence-electron chi connectivity index (χ0n) is 14.0. The second-order valence-corrected chi connectivity index (χ2v) is 10.5. The molecule has 3 unspecified atom stereocenters. The van der Waals surface area contributed by atoms with Crippen molar-refractivity contribution in [1.29, 1.82) is 0 Å². The van der Waals surface area contributed by atoms with Gasteiger partial charge in [0.1, 0.15) is 0 Å². The van der Waals surface area contributed by atoms with E-state index in [2.05, 4.69) is 18.4 Å². The molecule has 6 saturated carbocycles. The number of rotatable bonds is 0. The van der Waals surface area contributed by atoms with E-state index in [0.717, 1.165) is 18.4 Å². The molecule has 9 rings (SSSR count). The number of hydrogen-bond donors (Lipinski definition) is 2.